The molecule has 0 saturated heterocycles. The lowest BCUT2D eigenvalue weighted by Gasteiger charge is -2.00. The van der Waals surface area contributed by atoms with Crippen LogP contribution in [0.25, 0.3) is 0 Å². The van der Waals surface area contributed by atoms with E-state index in [4.69, 9.17) is 4.74 Å². The van der Waals surface area contributed by atoms with Crippen LogP contribution < -0.4 is 9.46 Å². The number of rotatable bonds is 5. The Morgan fingerprint density at radius 2 is 1.91 bits per heavy atom. The molecule has 1 aromatic carbocycles. The van der Waals surface area contributed by atoms with Crippen LogP contribution in [0, 0.1) is 11.8 Å². The van der Waals surface area contributed by atoms with Gasteiger partial charge in [-0.3, -0.25) is 0 Å². The molecular formula is C16H17NO3S2. The average Bonchev–Trinajstić information content (AvgIpc) is 3.02. The van der Waals surface area contributed by atoms with Gasteiger partial charge in [0.05, 0.1) is 13.7 Å². The number of nitrogens with one attached hydrogen (secondary N) is 1. The highest BCUT2D eigenvalue weighted by Gasteiger charge is 2.15. The van der Waals surface area contributed by atoms with Gasteiger partial charge in [-0.1, -0.05) is 18.8 Å². The number of ether oxygens (including phenoxy) is 1. The van der Waals surface area contributed by atoms with Crippen LogP contribution in [0.2, 0.25) is 0 Å². The molecule has 0 amide bonds. The summed E-state index contributed by atoms with van der Waals surface area (Å²) >= 11 is 1.29. The topological polar surface area (TPSA) is 55.4 Å². The molecule has 0 aliphatic carbocycles. The van der Waals surface area contributed by atoms with Crippen molar-refractivity contribution in [3.63, 3.8) is 0 Å². The molecule has 116 valence electrons. The summed E-state index contributed by atoms with van der Waals surface area (Å²) in [5.74, 6) is 6.48. The van der Waals surface area contributed by atoms with Crippen molar-refractivity contribution in [1.29, 1.82) is 0 Å². The maximum absolute atomic E-state index is 12.1. The summed E-state index contributed by atoms with van der Waals surface area (Å²) in [5.41, 5.74) is 0.810. The Morgan fingerprint density at radius 1 is 1.18 bits per heavy atom. The van der Waals surface area contributed by atoms with Gasteiger partial charge in [0.1, 0.15) is 9.96 Å². The predicted octanol–water partition coefficient (Wildman–Crippen LogP) is 2.65. The van der Waals surface area contributed by atoms with Gasteiger partial charge in [0.2, 0.25) is 0 Å². The molecular weight excluding hydrogens is 318 g/mol. The molecule has 0 unspecified atom stereocenters. The third kappa shape index (κ3) is 4.34. The molecule has 0 aliphatic heterocycles. The second-order valence-electron chi connectivity index (χ2n) is 4.43. The van der Waals surface area contributed by atoms with Crippen molar-refractivity contribution in [2.45, 2.75) is 17.6 Å². The van der Waals surface area contributed by atoms with Crippen molar-refractivity contribution in [3.05, 3.63) is 46.8 Å². The van der Waals surface area contributed by atoms with Gasteiger partial charge in [0.15, 0.2) is 0 Å². The first-order chi connectivity index (χ1) is 10.5. The standard InChI is InChI=1S/C16H17NO3S2/c1-3-15-10-11-16(21-15)22(18,19)17-12-4-5-13-6-8-14(20-2)9-7-13/h6-11,17H,3,12H2,1-2H3. The number of hydrogen-bond acceptors (Lipinski definition) is 4. The Morgan fingerprint density at radius 3 is 2.50 bits per heavy atom. The number of sulfonamides is 1. The molecule has 0 aliphatic rings. The van der Waals surface area contributed by atoms with Crippen molar-refractivity contribution < 1.29 is 13.2 Å². The smallest absolute Gasteiger partial charge is 0.250 e. The van der Waals surface area contributed by atoms with Gasteiger partial charge in [-0.25, -0.2) is 8.42 Å². The zero-order valence-corrected chi connectivity index (χ0v) is 14.1. The van der Waals surface area contributed by atoms with E-state index < -0.39 is 10.0 Å². The molecule has 0 radical (unpaired) electrons. The van der Waals surface area contributed by atoms with E-state index in [1.165, 1.54) is 11.3 Å². The summed E-state index contributed by atoms with van der Waals surface area (Å²) in [5, 5.41) is 0. The first-order valence-electron chi connectivity index (χ1n) is 6.76. The van der Waals surface area contributed by atoms with E-state index >= 15 is 0 Å². The Bertz CT molecular complexity index is 781. The lowest BCUT2D eigenvalue weighted by Crippen LogP contribution is -2.23. The maximum atomic E-state index is 12.1. The number of aryl methyl sites for hydroxylation is 1. The van der Waals surface area contributed by atoms with Crippen LogP contribution in [0.3, 0.4) is 0 Å². The van der Waals surface area contributed by atoms with Gasteiger partial charge in [-0.15, -0.1) is 11.3 Å². The largest absolute Gasteiger partial charge is 0.497 e. The molecule has 0 spiro atoms. The molecule has 2 aromatic rings. The van der Waals surface area contributed by atoms with Gasteiger partial charge in [0.25, 0.3) is 10.0 Å². The fourth-order valence-corrected chi connectivity index (χ4v) is 3.98. The number of methoxy groups -OCH3 is 1. The zero-order chi connectivity index (χ0) is 16.0. The minimum Gasteiger partial charge on any atom is -0.497 e. The SMILES string of the molecule is CCc1ccc(S(=O)(=O)NCC#Cc2ccc(OC)cc2)s1. The van der Waals surface area contributed by atoms with E-state index in [-0.39, 0.29) is 6.54 Å². The molecule has 0 bridgehead atoms. The summed E-state index contributed by atoms with van der Waals surface area (Å²) in [7, 11) is -1.87. The summed E-state index contributed by atoms with van der Waals surface area (Å²) in [6.45, 7) is 2.07. The Labute approximate surface area is 135 Å². The lowest BCUT2D eigenvalue weighted by atomic mass is 10.2. The Hall–Kier alpha value is -1.81. The summed E-state index contributed by atoms with van der Waals surface area (Å²) in [6, 6.07) is 10.7. The van der Waals surface area contributed by atoms with E-state index in [2.05, 4.69) is 16.6 Å². The fourth-order valence-electron chi connectivity index (χ4n) is 1.72. The van der Waals surface area contributed by atoms with Gasteiger partial charge in [-0.05, 0) is 42.8 Å². The molecule has 0 fully saturated rings. The monoisotopic (exact) mass is 335 g/mol. The highest BCUT2D eigenvalue weighted by Crippen LogP contribution is 2.21. The van der Waals surface area contributed by atoms with Gasteiger partial charge in [0, 0.05) is 10.4 Å². The fraction of sp³-hybridized carbons (Fsp3) is 0.250. The molecule has 1 N–H and O–H groups in total. The van der Waals surface area contributed by atoms with Crippen LogP contribution in [-0.4, -0.2) is 22.1 Å². The second-order valence-corrected chi connectivity index (χ2v) is 7.59. The molecule has 1 aromatic heterocycles. The van der Waals surface area contributed by atoms with E-state index in [1.54, 1.807) is 13.2 Å². The van der Waals surface area contributed by atoms with Crippen molar-refractivity contribution >= 4 is 21.4 Å². The number of thiophene rings is 1. The Balaban J connectivity index is 1.96. The predicted molar refractivity (Wildman–Crippen MR) is 88.8 cm³/mol. The maximum Gasteiger partial charge on any atom is 0.250 e. The highest BCUT2D eigenvalue weighted by atomic mass is 32.2. The molecule has 2 rings (SSSR count). The van der Waals surface area contributed by atoms with Gasteiger partial charge < -0.3 is 4.74 Å². The summed E-state index contributed by atoms with van der Waals surface area (Å²) in [6.07, 6.45) is 0.831. The van der Waals surface area contributed by atoms with Gasteiger partial charge in [-0.2, -0.15) is 4.72 Å². The van der Waals surface area contributed by atoms with E-state index in [1.807, 2.05) is 37.3 Å². The van der Waals surface area contributed by atoms with Crippen LogP contribution in [0.15, 0.2) is 40.6 Å². The highest BCUT2D eigenvalue weighted by molar-refractivity contribution is 7.91. The van der Waals surface area contributed by atoms with Crippen LogP contribution in [0.4, 0.5) is 0 Å². The molecule has 1 heterocycles. The third-order valence-electron chi connectivity index (χ3n) is 2.92. The minimum atomic E-state index is -3.47. The van der Waals surface area contributed by atoms with E-state index in [0.717, 1.165) is 22.6 Å². The van der Waals surface area contributed by atoms with Crippen LogP contribution in [0.1, 0.15) is 17.4 Å². The van der Waals surface area contributed by atoms with E-state index in [0.29, 0.717) is 4.21 Å². The molecule has 22 heavy (non-hydrogen) atoms. The molecule has 0 saturated carbocycles. The lowest BCUT2D eigenvalue weighted by molar-refractivity contribution is 0.415. The number of benzene rings is 1. The number of hydrogen-bond donors (Lipinski definition) is 1. The average molecular weight is 335 g/mol. The van der Waals surface area contributed by atoms with Crippen LogP contribution in [0.5, 0.6) is 5.75 Å². The van der Waals surface area contributed by atoms with Crippen molar-refractivity contribution in [2.75, 3.05) is 13.7 Å². The summed E-state index contributed by atoms with van der Waals surface area (Å²) < 4.78 is 32.0. The molecule has 6 heteroatoms. The normalized spacial score (nSPS) is 10.8. The van der Waals surface area contributed by atoms with Gasteiger partial charge >= 0.3 is 0 Å². The van der Waals surface area contributed by atoms with E-state index in [9.17, 15) is 8.42 Å². The summed E-state index contributed by atoms with van der Waals surface area (Å²) in [4.78, 5) is 1.05. The van der Waals surface area contributed by atoms with Crippen molar-refractivity contribution in [2.24, 2.45) is 0 Å². The first kappa shape index (κ1) is 16.6. The third-order valence-corrected chi connectivity index (χ3v) is 6.05. The Kier molecular flexibility index (Phi) is 5.61. The van der Waals surface area contributed by atoms with Crippen LogP contribution >= 0.6 is 11.3 Å². The quantitative estimate of drug-likeness (QED) is 0.855. The molecule has 0 atom stereocenters. The second kappa shape index (κ2) is 7.45. The zero-order valence-electron chi connectivity index (χ0n) is 12.4. The van der Waals surface area contributed by atoms with Crippen molar-refractivity contribution in [1.82, 2.24) is 4.72 Å². The minimum absolute atomic E-state index is 0.0771. The molecule has 4 nitrogen and oxygen atoms in total. The van der Waals surface area contributed by atoms with Crippen LogP contribution in [-0.2, 0) is 16.4 Å². The first-order valence-corrected chi connectivity index (χ1v) is 9.06. The van der Waals surface area contributed by atoms with Crippen molar-refractivity contribution in [3.8, 4) is 17.6 Å².